The molecule has 0 aliphatic carbocycles. The van der Waals surface area contributed by atoms with Gasteiger partial charge in [-0.05, 0) is 47.0 Å². The Bertz CT molecular complexity index is 978. The lowest BCUT2D eigenvalue weighted by atomic mass is 9.64. The maximum Gasteiger partial charge on any atom is 0.0775 e. The molecule has 1 aliphatic rings. The fourth-order valence-corrected chi connectivity index (χ4v) is 5.31. The van der Waals surface area contributed by atoms with Gasteiger partial charge in [0.15, 0.2) is 0 Å². The van der Waals surface area contributed by atoms with E-state index in [1.54, 1.807) is 0 Å². The van der Waals surface area contributed by atoms with E-state index in [2.05, 4.69) is 19.2 Å². The smallest absolute Gasteiger partial charge is 0.0775 e. The fourth-order valence-electron chi connectivity index (χ4n) is 4.85. The van der Waals surface area contributed by atoms with Crippen LogP contribution in [0.3, 0.4) is 0 Å². The zero-order valence-corrected chi connectivity index (χ0v) is 19.8. The van der Waals surface area contributed by atoms with Gasteiger partial charge in [-0.15, -0.1) is 0 Å². The van der Waals surface area contributed by atoms with E-state index in [0.717, 1.165) is 16.7 Å². The van der Waals surface area contributed by atoms with Crippen LogP contribution >= 0.6 is 34.8 Å². The van der Waals surface area contributed by atoms with Crippen LogP contribution in [-0.4, -0.2) is 10.7 Å². The number of rotatable bonds is 4. The molecule has 1 aliphatic heterocycles. The maximum atomic E-state index is 12.2. The second kappa shape index (κ2) is 9.13. The summed E-state index contributed by atoms with van der Waals surface area (Å²) < 4.78 is 0. The van der Waals surface area contributed by atoms with E-state index in [0.29, 0.717) is 21.5 Å². The highest BCUT2D eigenvalue weighted by atomic mass is 35.5. The van der Waals surface area contributed by atoms with E-state index in [1.807, 2.05) is 72.8 Å². The number of piperidine rings is 1. The van der Waals surface area contributed by atoms with Gasteiger partial charge in [-0.3, -0.25) is 0 Å². The van der Waals surface area contributed by atoms with Crippen molar-refractivity contribution in [2.45, 2.75) is 38.0 Å². The molecule has 0 amide bonds. The van der Waals surface area contributed by atoms with Crippen molar-refractivity contribution >= 4 is 34.8 Å². The quantitative estimate of drug-likeness (QED) is 0.416. The van der Waals surface area contributed by atoms with Crippen LogP contribution in [-0.2, 0) is 6.42 Å². The minimum absolute atomic E-state index is 0.0540. The van der Waals surface area contributed by atoms with Gasteiger partial charge in [-0.1, -0.05) is 91.1 Å². The summed E-state index contributed by atoms with van der Waals surface area (Å²) in [5.74, 6) is -0.132. The monoisotopic (exact) mass is 473 g/mol. The molecule has 1 saturated heterocycles. The third kappa shape index (κ3) is 4.51. The summed E-state index contributed by atoms with van der Waals surface area (Å²) >= 11 is 18.8. The van der Waals surface area contributed by atoms with Gasteiger partial charge in [0.25, 0.3) is 0 Å². The Morgan fingerprint density at radius 2 is 1.19 bits per heavy atom. The summed E-state index contributed by atoms with van der Waals surface area (Å²) in [6.07, 6.45) is 0.477. The van der Waals surface area contributed by atoms with E-state index in [4.69, 9.17) is 34.8 Å². The molecule has 2 nitrogen and oxygen atoms in total. The molecule has 2 N–H and O–H groups in total. The third-order valence-corrected chi connectivity index (χ3v) is 7.70. The molecule has 4 rings (SSSR count). The molecule has 1 heterocycles. The number of benzene rings is 3. The molecular weight excluding hydrogens is 449 g/mol. The summed E-state index contributed by atoms with van der Waals surface area (Å²) in [4.78, 5) is 0. The summed E-state index contributed by atoms with van der Waals surface area (Å²) in [5.41, 5.74) is 2.17. The molecule has 0 saturated carbocycles. The lowest BCUT2D eigenvalue weighted by Gasteiger charge is -2.52. The van der Waals surface area contributed by atoms with Crippen molar-refractivity contribution in [3.63, 3.8) is 0 Å². The van der Waals surface area contributed by atoms with Crippen molar-refractivity contribution in [3.8, 4) is 0 Å². The zero-order chi connectivity index (χ0) is 22.2. The Hall–Kier alpha value is -1.55. The van der Waals surface area contributed by atoms with E-state index < -0.39 is 5.60 Å². The molecule has 162 valence electrons. The first kappa shape index (κ1) is 22.6. The second-order valence-electron chi connectivity index (χ2n) is 8.56. The first-order valence-electron chi connectivity index (χ1n) is 10.5. The van der Waals surface area contributed by atoms with Crippen LogP contribution in [0.2, 0.25) is 15.1 Å². The lowest BCUT2D eigenvalue weighted by Crippen LogP contribution is -2.58. The van der Waals surface area contributed by atoms with Gasteiger partial charge in [0.2, 0.25) is 0 Å². The van der Waals surface area contributed by atoms with Crippen LogP contribution in [0.5, 0.6) is 0 Å². The number of hydrogen-bond donors (Lipinski definition) is 2. The first-order valence-corrected chi connectivity index (χ1v) is 11.7. The van der Waals surface area contributed by atoms with Crippen LogP contribution in [0, 0.1) is 11.8 Å². The van der Waals surface area contributed by atoms with Crippen molar-refractivity contribution in [1.82, 2.24) is 5.32 Å². The molecule has 0 spiro atoms. The molecule has 5 atom stereocenters. The van der Waals surface area contributed by atoms with Crippen molar-refractivity contribution in [2.24, 2.45) is 11.8 Å². The van der Waals surface area contributed by atoms with Gasteiger partial charge in [-0.25, -0.2) is 0 Å². The highest BCUT2D eigenvalue weighted by Gasteiger charge is 2.51. The standard InChI is InChI=1S/C26H26Cl3NO/c1-16-24(18-7-11-21(27)12-8-18)30-25(19-9-13-22(28)14-10-19)17(2)26(16,31)15-20-5-3-4-6-23(20)29/h3-14,16-17,24-25,30-31H,15H2,1-2H3/t16-,17+,24-,25-,26?/m1/s1. The van der Waals surface area contributed by atoms with Gasteiger partial charge < -0.3 is 10.4 Å². The van der Waals surface area contributed by atoms with E-state index in [1.165, 1.54) is 0 Å². The average molecular weight is 475 g/mol. The number of aliphatic hydroxyl groups is 1. The maximum absolute atomic E-state index is 12.2. The van der Waals surface area contributed by atoms with Crippen LogP contribution in [0.15, 0.2) is 72.8 Å². The molecule has 0 aromatic heterocycles. The molecule has 0 bridgehead atoms. The van der Waals surface area contributed by atoms with Crippen LogP contribution in [0.1, 0.15) is 42.6 Å². The molecule has 31 heavy (non-hydrogen) atoms. The number of halogens is 3. The highest BCUT2D eigenvalue weighted by molar-refractivity contribution is 6.31. The number of nitrogens with one attached hydrogen (secondary N) is 1. The van der Waals surface area contributed by atoms with Crippen molar-refractivity contribution in [1.29, 1.82) is 0 Å². The van der Waals surface area contributed by atoms with Crippen molar-refractivity contribution in [2.75, 3.05) is 0 Å². The predicted molar refractivity (Wildman–Crippen MR) is 130 cm³/mol. The SMILES string of the molecule is C[C@@H]1[C@H](c2ccc(Cl)cc2)N[C@@H](c2ccc(Cl)cc2)[C@H](C)C1(O)Cc1ccccc1Cl. The fraction of sp³-hybridized carbons (Fsp3) is 0.308. The molecule has 0 radical (unpaired) electrons. The Morgan fingerprint density at radius 3 is 1.65 bits per heavy atom. The van der Waals surface area contributed by atoms with Crippen LogP contribution in [0.4, 0.5) is 0 Å². The van der Waals surface area contributed by atoms with Gasteiger partial charge in [0.05, 0.1) is 5.60 Å². The highest BCUT2D eigenvalue weighted by Crippen LogP contribution is 2.48. The molecule has 5 heteroatoms. The van der Waals surface area contributed by atoms with Gasteiger partial charge in [0.1, 0.15) is 0 Å². The van der Waals surface area contributed by atoms with E-state index >= 15 is 0 Å². The molecule has 3 aromatic rings. The minimum atomic E-state index is -0.981. The lowest BCUT2D eigenvalue weighted by molar-refractivity contribution is -0.110. The molecule has 1 fully saturated rings. The normalized spacial score (nSPS) is 28.5. The van der Waals surface area contributed by atoms with Crippen LogP contribution in [0.25, 0.3) is 0 Å². The molecule has 3 aromatic carbocycles. The Labute approximate surface area is 199 Å². The van der Waals surface area contributed by atoms with Crippen molar-refractivity contribution < 1.29 is 5.11 Å². The van der Waals surface area contributed by atoms with Gasteiger partial charge in [-0.2, -0.15) is 0 Å². The largest absolute Gasteiger partial charge is 0.389 e. The van der Waals surface area contributed by atoms with E-state index in [9.17, 15) is 5.11 Å². The minimum Gasteiger partial charge on any atom is -0.389 e. The number of hydrogen-bond acceptors (Lipinski definition) is 2. The second-order valence-corrected chi connectivity index (χ2v) is 9.84. The Kier molecular flexibility index (Phi) is 6.67. The summed E-state index contributed by atoms with van der Waals surface area (Å²) in [6.45, 7) is 4.22. The van der Waals surface area contributed by atoms with Gasteiger partial charge in [0, 0.05) is 45.4 Å². The van der Waals surface area contributed by atoms with Crippen LogP contribution < -0.4 is 5.32 Å². The summed E-state index contributed by atoms with van der Waals surface area (Å²) in [6, 6.07) is 23.4. The Balaban J connectivity index is 1.78. The predicted octanol–water partition coefficient (Wildman–Crippen LogP) is 7.28. The van der Waals surface area contributed by atoms with Gasteiger partial charge >= 0.3 is 0 Å². The topological polar surface area (TPSA) is 32.3 Å². The Morgan fingerprint density at radius 1 is 0.742 bits per heavy atom. The van der Waals surface area contributed by atoms with E-state index in [-0.39, 0.29) is 23.9 Å². The first-order chi connectivity index (χ1) is 14.8. The average Bonchev–Trinajstić information content (AvgIpc) is 2.76. The summed E-state index contributed by atoms with van der Waals surface area (Å²) in [5, 5.41) is 18.1. The molecule has 1 unspecified atom stereocenters. The zero-order valence-electron chi connectivity index (χ0n) is 17.5. The van der Waals surface area contributed by atoms with Crippen molar-refractivity contribution in [3.05, 3.63) is 105 Å². The third-order valence-electron chi connectivity index (χ3n) is 6.83. The summed E-state index contributed by atoms with van der Waals surface area (Å²) in [7, 11) is 0. The molecular formula is C26H26Cl3NO.